The molecule has 1 aromatic carbocycles. The molecule has 3 amide bonds. The summed E-state index contributed by atoms with van der Waals surface area (Å²) in [6.07, 6.45) is 0.520. The van der Waals surface area contributed by atoms with Gasteiger partial charge in [0, 0.05) is 35.8 Å². The fourth-order valence-corrected chi connectivity index (χ4v) is 5.21. The van der Waals surface area contributed by atoms with Gasteiger partial charge in [0.25, 0.3) is 0 Å². The Morgan fingerprint density at radius 3 is 2.17 bits per heavy atom. The molecule has 8 nitrogen and oxygen atoms in total. The number of carbonyl (C=O) groups is 3. The standard InChI is InChI=1S/C20H27N3O5S/c1-20(2,3)19(26)22-15-6-4-14(5-7-15)21-18(25)13-10-17(24)23(11-13)16-8-9-29(27,28)12-16/h4-7,13,16H,8-12H2,1-3H3,(H,21,25)(H,22,26)/t13-,16+/m0/s1. The maximum absolute atomic E-state index is 12.6. The molecule has 0 aromatic heterocycles. The molecule has 0 bridgehead atoms. The van der Waals surface area contributed by atoms with Gasteiger partial charge in [0.05, 0.1) is 17.4 Å². The fraction of sp³-hybridized carbons (Fsp3) is 0.550. The second kappa shape index (κ2) is 7.78. The Morgan fingerprint density at radius 2 is 1.66 bits per heavy atom. The van der Waals surface area contributed by atoms with Crippen LogP contribution in [0.25, 0.3) is 0 Å². The van der Waals surface area contributed by atoms with Gasteiger partial charge < -0.3 is 15.5 Å². The average Bonchev–Trinajstić information content (AvgIpc) is 3.18. The van der Waals surface area contributed by atoms with Gasteiger partial charge in [-0.2, -0.15) is 0 Å². The van der Waals surface area contributed by atoms with Crippen LogP contribution < -0.4 is 10.6 Å². The van der Waals surface area contributed by atoms with E-state index in [-0.39, 0.29) is 48.2 Å². The third-order valence-corrected chi connectivity index (χ3v) is 7.02. The summed E-state index contributed by atoms with van der Waals surface area (Å²) in [7, 11) is -3.09. The Hall–Kier alpha value is -2.42. The highest BCUT2D eigenvalue weighted by Gasteiger charge is 2.41. The smallest absolute Gasteiger partial charge is 0.229 e. The van der Waals surface area contributed by atoms with Crippen molar-refractivity contribution < 1.29 is 22.8 Å². The minimum absolute atomic E-state index is 0.0190. The van der Waals surface area contributed by atoms with Crippen molar-refractivity contribution in [3.63, 3.8) is 0 Å². The van der Waals surface area contributed by atoms with Gasteiger partial charge in [-0.1, -0.05) is 20.8 Å². The van der Waals surface area contributed by atoms with E-state index < -0.39 is 21.2 Å². The topological polar surface area (TPSA) is 113 Å². The Kier molecular flexibility index (Phi) is 5.71. The average molecular weight is 422 g/mol. The molecule has 0 radical (unpaired) electrons. The summed E-state index contributed by atoms with van der Waals surface area (Å²) in [5.74, 6) is -0.981. The van der Waals surface area contributed by atoms with E-state index in [0.717, 1.165) is 0 Å². The highest BCUT2D eigenvalue weighted by molar-refractivity contribution is 7.91. The van der Waals surface area contributed by atoms with Crippen LogP contribution in [-0.4, -0.2) is 55.1 Å². The highest BCUT2D eigenvalue weighted by atomic mass is 32.2. The number of rotatable bonds is 4. The van der Waals surface area contributed by atoms with Gasteiger partial charge in [0.15, 0.2) is 9.84 Å². The van der Waals surface area contributed by atoms with E-state index in [9.17, 15) is 22.8 Å². The van der Waals surface area contributed by atoms with E-state index in [2.05, 4.69) is 10.6 Å². The summed E-state index contributed by atoms with van der Waals surface area (Å²) in [5, 5.41) is 5.61. The predicted octanol–water partition coefficient (Wildman–Crippen LogP) is 1.65. The number of carbonyl (C=O) groups excluding carboxylic acids is 3. The Balaban J connectivity index is 1.57. The Labute approximate surface area is 170 Å². The molecule has 2 atom stereocenters. The monoisotopic (exact) mass is 421 g/mol. The zero-order valence-electron chi connectivity index (χ0n) is 16.9. The molecule has 2 aliphatic rings. The fourth-order valence-electron chi connectivity index (χ4n) is 3.48. The third-order valence-electron chi connectivity index (χ3n) is 5.27. The zero-order valence-corrected chi connectivity index (χ0v) is 17.7. The van der Waals surface area contributed by atoms with Crippen LogP contribution in [0.3, 0.4) is 0 Å². The van der Waals surface area contributed by atoms with Gasteiger partial charge in [-0.25, -0.2) is 8.42 Å². The molecule has 158 valence electrons. The number of anilines is 2. The van der Waals surface area contributed by atoms with Crippen molar-refractivity contribution in [3.05, 3.63) is 24.3 Å². The minimum Gasteiger partial charge on any atom is -0.338 e. The van der Waals surface area contributed by atoms with Gasteiger partial charge in [0.2, 0.25) is 17.7 Å². The zero-order chi connectivity index (χ0) is 21.4. The van der Waals surface area contributed by atoms with Gasteiger partial charge in [-0.05, 0) is 30.7 Å². The first-order chi connectivity index (χ1) is 13.4. The molecular formula is C20H27N3O5S. The van der Waals surface area contributed by atoms with Crippen molar-refractivity contribution in [2.24, 2.45) is 11.3 Å². The summed E-state index contributed by atoms with van der Waals surface area (Å²) in [6, 6.07) is 6.46. The van der Waals surface area contributed by atoms with Crippen LogP contribution in [0.1, 0.15) is 33.6 Å². The van der Waals surface area contributed by atoms with Gasteiger partial charge >= 0.3 is 0 Å². The third kappa shape index (κ3) is 5.14. The number of benzene rings is 1. The van der Waals surface area contributed by atoms with Crippen LogP contribution >= 0.6 is 0 Å². The van der Waals surface area contributed by atoms with E-state index >= 15 is 0 Å². The second-order valence-corrected chi connectivity index (χ2v) is 11.0. The molecule has 1 aromatic rings. The van der Waals surface area contributed by atoms with Crippen LogP contribution in [0.2, 0.25) is 0 Å². The maximum Gasteiger partial charge on any atom is 0.229 e. The van der Waals surface area contributed by atoms with Crippen molar-refractivity contribution in [1.82, 2.24) is 4.90 Å². The number of sulfone groups is 1. The molecule has 9 heteroatoms. The van der Waals surface area contributed by atoms with Crippen LogP contribution in [-0.2, 0) is 24.2 Å². The summed E-state index contributed by atoms with van der Waals surface area (Å²) in [4.78, 5) is 38.4. The summed E-state index contributed by atoms with van der Waals surface area (Å²) < 4.78 is 23.3. The van der Waals surface area contributed by atoms with Crippen molar-refractivity contribution in [2.75, 3.05) is 28.7 Å². The molecular weight excluding hydrogens is 394 g/mol. The van der Waals surface area contributed by atoms with Crippen LogP contribution in [0.4, 0.5) is 11.4 Å². The Morgan fingerprint density at radius 1 is 1.07 bits per heavy atom. The molecule has 2 aliphatic heterocycles. The van der Waals surface area contributed by atoms with Crippen LogP contribution in [0.5, 0.6) is 0 Å². The quantitative estimate of drug-likeness (QED) is 0.768. The van der Waals surface area contributed by atoms with E-state index in [0.29, 0.717) is 17.8 Å². The van der Waals surface area contributed by atoms with Crippen molar-refractivity contribution in [2.45, 2.75) is 39.7 Å². The number of nitrogens with one attached hydrogen (secondary N) is 2. The van der Waals surface area contributed by atoms with E-state index in [1.807, 2.05) is 20.8 Å². The first-order valence-electron chi connectivity index (χ1n) is 9.67. The molecule has 0 unspecified atom stereocenters. The number of likely N-dealkylation sites (tertiary alicyclic amines) is 1. The normalized spacial score (nSPS) is 23.8. The molecule has 2 heterocycles. The van der Waals surface area contributed by atoms with Crippen LogP contribution in [0, 0.1) is 11.3 Å². The van der Waals surface area contributed by atoms with E-state index in [4.69, 9.17) is 0 Å². The number of hydrogen-bond acceptors (Lipinski definition) is 5. The molecule has 3 rings (SSSR count). The van der Waals surface area contributed by atoms with Crippen molar-refractivity contribution in [3.8, 4) is 0 Å². The molecule has 2 fully saturated rings. The van der Waals surface area contributed by atoms with E-state index in [1.165, 1.54) is 0 Å². The predicted molar refractivity (Wildman–Crippen MR) is 110 cm³/mol. The molecule has 2 N–H and O–H groups in total. The summed E-state index contributed by atoms with van der Waals surface area (Å²) in [5.41, 5.74) is 0.692. The Bertz CT molecular complexity index is 918. The lowest BCUT2D eigenvalue weighted by Gasteiger charge is -2.23. The molecule has 0 aliphatic carbocycles. The first kappa shape index (κ1) is 21.3. The SMILES string of the molecule is CC(C)(C)C(=O)Nc1ccc(NC(=O)[C@H]2CC(=O)N([C@@H]3CCS(=O)(=O)C3)C2)cc1. The summed E-state index contributed by atoms with van der Waals surface area (Å²) in [6.45, 7) is 5.71. The lowest BCUT2D eigenvalue weighted by molar-refractivity contribution is -0.129. The largest absolute Gasteiger partial charge is 0.338 e. The number of nitrogens with zero attached hydrogens (tertiary/aromatic N) is 1. The van der Waals surface area contributed by atoms with Crippen LogP contribution in [0.15, 0.2) is 24.3 Å². The molecule has 29 heavy (non-hydrogen) atoms. The molecule has 0 spiro atoms. The maximum atomic E-state index is 12.6. The number of amides is 3. The number of hydrogen-bond donors (Lipinski definition) is 2. The second-order valence-electron chi connectivity index (χ2n) is 8.77. The van der Waals surface area contributed by atoms with Gasteiger partial charge in [-0.15, -0.1) is 0 Å². The molecule has 2 saturated heterocycles. The summed E-state index contributed by atoms with van der Waals surface area (Å²) >= 11 is 0. The van der Waals surface area contributed by atoms with Crippen molar-refractivity contribution >= 4 is 38.9 Å². The van der Waals surface area contributed by atoms with Crippen molar-refractivity contribution in [1.29, 1.82) is 0 Å². The lowest BCUT2D eigenvalue weighted by Crippen LogP contribution is -2.38. The van der Waals surface area contributed by atoms with E-state index in [1.54, 1.807) is 29.2 Å². The highest BCUT2D eigenvalue weighted by Crippen LogP contribution is 2.27. The van der Waals surface area contributed by atoms with Gasteiger partial charge in [0.1, 0.15) is 0 Å². The minimum atomic E-state index is -3.09. The van der Waals surface area contributed by atoms with Gasteiger partial charge in [-0.3, -0.25) is 14.4 Å². The molecule has 0 saturated carbocycles. The first-order valence-corrected chi connectivity index (χ1v) is 11.5. The lowest BCUT2D eigenvalue weighted by atomic mass is 9.95.